The van der Waals surface area contributed by atoms with Crippen molar-refractivity contribution in [2.45, 2.75) is 52.1 Å². The van der Waals surface area contributed by atoms with Gasteiger partial charge in [-0.25, -0.2) is 4.98 Å². The molecule has 0 radical (unpaired) electrons. The molecule has 0 unspecified atom stereocenters. The molecule has 1 rings (SSSR count). The van der Waals surface area contributed by atoms with Crippen molar-refractivity contribution in [3.05, 3.63) is 16.1 Å². The van der Waals surface area contributed by atoms with Gasteiger partial charge in [-0.1, -0.05) is 0 Å². The number of rotatable bonds is 6. The predicted molar refractivity (Wildman–Crippen MR) is 69.0 cm³/mol. The molecule has 0 saturated carbocycles. The van der Waals surface area contributed by atoms with Crippen LogP contribution in [0.25, 0.3) is 0 Å². The van der Waals surface area contributed by atoms with Crippen LogP contribution in [0.5, 0.6) is 0 Å². The zero-order chi connectivity index (χ0) is 14.5. The second-order valence-corrected chi connectivity index (χ2v) is 6.20. The van der Waals surface area contributed by atoms with Gasteiger partial charge in [0.2, 0.25) is 0 Å². The van der Waals surface area contributed by atoms with Crippen molar-refractivity contribution in [2.24, 2.45) is 0 Å². The molecule has 19 heavy (non-hydrogen) atoms. The van der Waals surface area contributed by atoms with Gasteiger partial charge in [0.15, 0.2) is 0 Å². The third-order valence-electron chi connectivity index (χ3n) is 2.15. The van der Waals surface area contributed by atoms with Crippen molar-refractivity contribution in [1.29, 1.82) is 0 Å². The third kappa shape index (κ3) is 8.18. The molecule has 0 saturated heterocycles. The second-order valence-electron chi connectivity index (χ2n) is 5.25. The molecule has 1 aromatic heterocycles. The van der Waals surface area contributed by atoms with Gasteiger partial charge in [-0.2, -0.15) is 13.2 Å². The highest BCUT2D eigenvalue weighted by Gasteiger charge is 2.26. The molecule has 0 amide bonds. The summed E-state index contributed by atoms with van der Waals surface area (Å²) in [6.45, 7) is 6.63. The number of nitrogens with zero attached hydrogens (tertiary/aromatic N) is 1. The zero-order valence-corrected chi connectivity index (χ0v) is 12.1. The Morgan fingerprint density at radius 3 is 2.58 bits per heavy atom. The van der Waals surface area contributed by atoms with E-state index in [4.69, 9.17) is 4.74 Å². The van der Waals surface area contributed by atoms with Crippen LogP contribution in [0.3, 0.4) is 0 Å². The summed E-state index contributed by atoms with van der Waals surface area (Å²) >= 11 is 1.48. The minimum atomic E-state index is -4.16. The lowest BCUT2D eigenvalue weighted by Crippen LogP contribution is -2.35. The lowest BCUT2D eigenvalue weighted by molar-refractivity contribution is -0.146. The topological polar surface area (TPSA) is 34.2 Å². The molecule has 110 valence electrons. The van der Waals surface area contributed by atoms with Crippen LogP contribution in [0.2, 0.25) is 0 Å². The van der Waals surface area contributed by atoms with Crippen LogP contribution in [-0.4, -0.2) is 23.3 Å². The molecule has 0 aromatic carbocycles. The van der Waals surface area contributed by atoms with Gasteiger partial charge in [-0.3, -0.25) is 0 Å². The van der Waals surface area contributed by atoms with Crippen LogP contribution < -0.4 is 5.32 Å². The Morgan fingerprint density at radius 1 is 1.32 bits per heavy atom. The van der Waals surface area contributed by atoms with E-state index in [1.54, 1.807) is 0 Å². The van der Waals surface area contributed by atoms with Crippen LogP contribution >= 0.6 is 11.3 Å². The molecule has 0 fully saturated rings. The monoisotopic (exact) mass is 296 g/mol. The summed E-state index contributed by atoms with van der Waals surface area (Å²) in [6, 6.07) is 0. The van der Waals surface area contributed by atoms with Gasteiger partial charge in [0.05, 0.1) is 25.3 Å². The Labute approximate surface area is 115 Å². The number of halogens is 3. The number of alkyl halides is 3. The fraction of sp³-hybridized carbons (Fsp3) is 0.750. The highest BCUT2D eigenvalue weighted by molar-refractivity contribution is 7.09. The summed E-state index contributed by atoms with van der Waals surface area (Å²) in [6.07, 6.45) is -5.08. The Hall–Kier alpha value is -0.660. The second kappa shape index (κ2) is 6.67. The highest BCUT2D eigenvalue weighted by Crippen LogP contribution is 2.19. The Morgan fingerprint density at radius 2 is 2.00 bits per heavy atom. The number of hydrogen-bond donors (Lipinski definition) is 1. The van der Waals surface area contributed by atoms with Gasteiger partial charge in [0.25, 0.3) is 0 Å². The largest absolute Gasteiger partial charge is 0.391 e. The summed E-state index contributed by atoms with van der Waals surface area (Å²) in [5, 5.41) is 6.02. The molecule has 1 N–H and O–H groups in total. The molecule has 0 spiro atoms. The van der Waals surface area contributed by atoms with Gasteiger partial charge < -0.3 is 10.1 Å². The van der Waals surface area contributed by atoms with E-state index in [9.17, 15) is 13.2 Å². The summed E-state index contributed by atoms with van der Waals surface area (Å²) in [7, 11) is 0. The van der Waals surface area contributed by atoms with E-state index >= 15 is 0 Å². The average molecular weight is 296 g/mol. The van der Waals surface area contributed by atoms with E-state index in [1.165, 1.54) is 11.3 Å². The van der Waals surface area contributed by atoms with Crippen LogP contribution in [0.4, 0.5) is 13.2 Å². The van der Waals surface area contributed by atoms with E-state index in [2.05, 4.69) is 31.1 Å². The lowest BCUT2D eigenvalue weighted by Gasteiger charge is -2.19. The number of ether oxygens (including phenoxy) is 1. The normalized spacial score (nSPS) is 12.9. The molecule has 1 aromatic rings. The van der Waals surface area contributed by atoms with Gasteiger partial charge in [0.1, 0.15) is 5.01 Å². The smallest absolute Gasteiger partial charge is 0.375 e. The van der Waals surface area contributed by atoms with Crippen LogP contribution in [0.15, 0.2) is 5.38 Å². The summed E-state index contributed by atoms with van der Waals surface area (Å²) in [5.41, 5.74) is 0.688. The molecule has 0 aliphatic rings. The lowest BCUT2D eigenvalue weighted by atomic mass is 10.1. The van der Waals surface area contributed by atoms with Crippen molar-refractivity contribution in [1.82, 2.24) is 10.3 Å². The van der Waals surface area contributed by atoms with Crippen molar-refractivity contribution in [3.8, 4) is 0 Å². The molecular formula is C12H19F3N2OS. The van der Waals surface area contributed by atoms with E-state index in [0.29, 0.717) is 12.2 Å². The maximum atomic E-state index is 11.9. The average Bonchev–Trinajstić information content (AvgIpc) is 2.67. The van der Waals surface area contributed by atoms with Crippen molar-refractivity contribution in [3.63, 3.8) is 0 Å². The highest BCUT2D eigenvalue weighted by atomic mass is 32.1. The van der Waals surface area contributed by atoms with Crippen LogP contribution in [0.1, 0.15) is 37.9 Å². The van der Waals surface area contributed by atoms with Gasteiger partial charge in [-0.15, -0.1) is 11.3 Å². The Kier molecular flexibility index (Phi) is 5.76. The standard InChI is InChI=1S/C12H19F3N2OS/c1-11(2,3)16-6-10-17-9(8-19-10)7-18-5-4-12(13,14)15/h8,16H,4-7H2,1-3H3. The SMILES string of the molecule is CC(C)(C)NCc1nc(COCCC(F)(F)F)cs1. The summed E-state index contributed by atoms with van der Waals surface area (Å²) < 4.78 is 40.6. The first-order valence-electron chi connectivity index (χ1n) is 5.98. The van der Waals surface area contributed by atoms with E-state index in [0.717, 1.165) is 5.01 Å². The maximum Gasteiger partial charge on any atom is 0.391 e. The van der Waals surface area contributed by atoms with Gasteiger partial charge >= 0.3 is 6.18 Å². The first-order chi connectivity index (χ1) is 8.66. The van der Waals surface area contributed by atoms with E-state index < -0.39 is 12.6 Å². The fourth-order valence-corrected chi connectivity index (χ4v) is 1.92. The molecule has 1 heterocycles. The Balaban J connectivity index is 2.27. The van der Waals surface area contributed by atoms with Crippen LogP contribution in [0, 0.1) is 0 Å². The minimum Gasteiger partial charge on any atom is -0.375 e. The molecule has 0 aliphatic heterocycles. The Bertz CT molecular complexity index is 385. The van der Waals surface area contributed by atoms with E-state index in [-0.39, 0.29) is 18.8 Å². The molecule has 0 bridgehead atoms. The maximum absolute atomic E-state index is 11.9. The summed E-state index contributed by atoms with van der Waals surface area (Å²) in [4.78, 5) is 4.30. The minimum absolute atomic E-state index is 0.00897. The van der Waals surface area contributed by atoms with Crippen molar-refractivity contribution in [2.75, 3.05) is 6.61 Å². The zero-order valence-electron chi connectivity index (χ0n) is 11.3. The first-order valence-corrected chi connectivity index (χ1v) is 6.86. The quantitative estimate of drug-likeness (QED) is 0.816. The number of hydrogen-bond acceptors (Lipinski definition) is 4. The number of aromatic nitrogens is 1. The van der Waals surface area contributed by atoms with Crippen LogP contribution in [-0.2, 0) is 17.9 Å². The van der Waals surface area contributed by atoms with Gasteiger partial charge in [0, 0.05) is 17.5 Å². The fourth-order valence-electron chi connectivity index (χ4n) is 1.20. The third-order valence-corrected chi connectivity index (χ3v) is 3.05. The number of nitrogens with one attached hydrogen (secondary N) is 1. The predicted octanol–water partition coefficient (Wildman–Crippen LogP) is 3.50. The molecular weight excluding hydrogens is 277 g/mol. The number of thiazole rings is 1. The van der Waals surface area contributed by atoms with Crippen molar-refractivity contribution < 1.29 is 17.9 Å². The first kappa shape index (κ1) is 16.4. The van der Waals surface area contributed by atoms with E-state index in [1.807, 2.05) is 5.38 Å². The molecule has 0 atom stereocenters. The molecule has 7 heteroatoms. The molecule has 3 nitrogen and oxygen atoms in total. The van der Waals surface area contributed by atoms with Crippen molar-refractivity contribution >= 4 is 11.3 Å². The van der Waals surface area contributed by atoms with Gasteiger partial charge in [-0.05, 0) is 20.8 Å². The molecule has 0 aliphatic carbocycles. The summed E-state index contributed by atoms with van der Waals surface area (Å²) in [5.74, 6) is 0.